The van der Waals surface area contributed by atoms with E-state index in [2.05, 4.69) is 5.32 Å². The molecule has 0 heterocycles. The predicted octanol–water partition coefficient (Wildman–Crippen LogP) is 3.26. The zero-order valence-corrected chi connectivity index (χ0v) is 11.3. The van der Waals surface area contributed by atoms with E-state index >= 15 is 0 Å². The number of carbonyl (C=O) groups excluding carboxylic acids is 1. The zero-order chi connectivity index (χ0) is 13.2. The molecule has 1 aromatic rings. The van der Waals surface area contributed by atoms with Crippen LogP contribution in [-0.2, 0) is 4.79 Å². The van der Waals surface area contributed by atoms with E-state index in [4.69, 9.17) is 5.73 Å². The third kappa shape index (κ3) is 3.77. The number of hydrogen-bond donors (Lipinski definition) is 2. The van der Waals surface area contributed by atoms with Gasteiger partial charge in [-0.05, 0) is 36.5 Å². The fraction of sp³-hybridized carbons (Fsp3) is 0.500. The van der Waals surface area contributed by atoms with E-state index in [1.165, 1.54) is 0 Å². The molecule has 17 heavy (non-hydrogen) atoms. The molecule has 0 spiro atoms. The third-order valence-electron chi connectivity index (χ3n) is 2.72. The highest BCUT2D eigenvalue weighted by Gasteiger charge is 2.17. The molecule has 3 heteroatoms. The van der Waals surface area contributed by atoms with Crippen molar-refractivity contribution in [2.24, 2.45) is 5.41 Å². The van der Waals surface area contributed by atoms with Crippen LogP contribution in [0.25, 0.3) is 0 Å². The lowest BCUT2D eigenvalue weighted by atomic mass is 9.92. The SMILES string of the molecule is Cc1ccc(N)c(NC(=O)CC(C)(C)C)c1C. The van der Waals surface area contributed by atoms with Crippen molar-refractivity contribution in [3.05, 3.63) is 23.3 Å². The summed E-state index contributed by atoms with van der Waals surface area (Å²) in [6, 6.07) is 3.79. The van der Waals surface area contributed by atoms with E-state index in [0.29, 0.717) is 12.1 Å². The first-order valence-electron chi connectivity index (χ1n) is 5.86. The number of benzene rings is 1. The van der Waals surface area contributed by atoms with Crippen molar-refractivity contribution in [3.63, 3.8) is 0 Å². The largest absolute Gasteiger partial charge is 0.397 e. The maximum Gasteiger partial charge on any atom is 0.224 e. The van der Waals surface area contributed by atoms with Gasteiger partial charge in [0.1, 0.15) is 0 Å². The second kappa shape index (κ2) is 4.78. The normalized spacial score (nSPS) is 11.4. The smallest absolute Gasteiger partial charge is 0.224 e. The molecule has 1 rings (SSSR count). The Balaban J connectivity index is 2.89. The van der Waals surface area contributed by atoms with Crippen molar-refractivity contribution in [1.82, 2.24) is 0 Å². The van der Waals surface area contributed by atoms with Crippen molar-refractivity contribution in [2.75, 3.05) is 11.1 Å². The van der Waals surface area contributed by atoms with Crippen molar-refractivity contribution in [3.8, 4) is 0 Å². The minimum Gasteiger partial charge on any atom is -0.397 e. The van der Waals surface area contributed by atoms with Gasteiger partial charge in [0.05, 0.1) is 11.4 Å². The Labute approximate surface area is 103 Å². The number of anilines is 2. The minimum atomic E-state index is -0.0173. The molecular weight excluding hydrogens is 212 g/mol. The summed E-state index contributed by atoms with van der Waals surface area (Å²) in [7, 11) is 0. The number of amides is 1. The average Bonchev–Trinajstić information content (AvgIpc) is 2.16. The molecule has 94 valence electrons. The lowest BCUT2D eigenvalue weighted by molar-refractivity contribution is -0.117. The van der Waals surface area contributed by atoms with Crippen LogP contribution in [0.1, 0.15) is 38.3 Å². The molecule has 1 amide bonds. The molecule has 0 aromatic heterocycles. The van der Waals surface area contributed by atoms with Crippen LogP contribution >= 0.6 is 0 Å². The first-order valence-corrected chi connectivity index (χ1v) is 5.86. The van der Waals surface area contributed by atoms with Crippen molar-refractivity contribution in [1.29, 1.82) is 0 Å². The van der Waals surface area contributed by atoms with E-state index < -0.39 is 0 Å². The number of nitrogens with one attached hydrogen (secondary N) is 1. The Hall–Kier alpha value is -1.51. The molecule has 0 aliphatic rings. The zero-order valence-electron chi connectivity index (χ0n) is 11.3. The van der Waals surface area contributed by atoms with Gasteiger partial charge in [0.25, 0.3) is 0 Å². The van der Waals surface area contributed by atoms with Crippen molar-refractivity contribution >= 4 is 17.3 Å². The van der Waals surface area contributed by atoms with Gasteiger partial charge in [-0.3, -0.25) is 4.79 Å². The fourth-order valence-corrected chi connectivity index (χ4v) is 1.67. The second-order valence-electron chi connectivity index (χ2n) is 5.76. The Bertz CT molecular complexity index is 431. The monoisotopic (exact) mass is 234 g/mol. The summed E-state index contributed by atoms with van der Waals surface area (Å²) in [4.78, 5) is 11.9. The summed E-state index contributed by atoms with van der Waals surface area (Å²) in [5.74, 6) is 0.0119. The third-order valence-corrected chi connectivity index (χ3v) is 2.72. The summed E-state index contributed by atoms with van der Waals surface area (Å²) in [5, 5.41) is 2.91. The Morgan fingerprint density at radius 2 is 1.88 bits per heavy atom. The van der Waals surface area contributed by atoms with Crippen LogP contribution < -0.4 is 11.1 Å². The first-order chi connectivity index (χ1) is 7.70. The fourth-order valence-electron chi connectivity index (χ4n) is 1.67. The molecular formula is C14H22N2O. The molecule has 3 nitrogen and oxygen atoms in total. The highest BCUT2D eigenvalue weighted by molar-refractivity contribution is 5.95. The minimum absolute atomic E-state index is 0.0119. The lowest BCUT2D eigenvalue weighted by Gasteiger charge is -2.19. The highest BCUT2D eigenvalue weighted by Crippen LogP contribution is 2.27. The maximum absolute atomic E-state index is 11.9. The average molecular weight is 234 g/mol. The van der Waals surface area contributed by atoms with Gasteiger partial charge < -0.3 is 11.1 Å². The van der Waals surface area contributed by atoms with Crippen molar-refractivity contribution < 1.29 is 4.79 Å². The van der Waals surface area contributed by atoms with Gasteiger partial charge in [-0.2, -0.15) is 0 Å². The first kappa shape index (κ1) is 13.6. The molecule has 0 bridgehead atoms. The summed E-state index contributed by atoms with van der Waals surface area (Å²) in [6.45, 7) is 10.1. The van der Waals surface area contributed by atoms with Crippen LogP contribution in [0.5, 0.6) is 0 Å². The molecule has 3 N–H and O–H groups in total. The molecule has 0 aliphatic heterocycles. The van der Waals surface area contributed by atoms with Gasteiger partial charge in [0.15, 0.2) is 0 Å². The van der Waals surface area contributed by atoms with E-state index in [1.807, 2.05) is 46.8 Å². The van der Waals surface area contributed by atoms with E-state index in [0.717, 1.165) is 16.8 Å². The number of rotatable bonds is 2. The highest BCUT2D eigenvalue weighted by atomic mass is 16.1. The van der Waals surface area contributed by atoms with Crippen molar-refractivity contribution in [2.45, 2.75) is 41.0 Å². The molecule has 0 fully saturated rings. The van der Waals surface area contributed by atoms with Crippen LogP contribution in [0.4, 0.5) is 11.4 Å². The van der Waals surface area contributed by atoms with Crippen LogP contribution in [-0.4, -0.2) is 5.91 Å². The van der Waals surface area contributed by atoms with Gasteiger partial charge in [-0.25, -0.2) is 0 Å². The van der Waals surface area contributed by atoms with Gasteiger partial charge in [-0.15, -0.1) is 0 Å². The standard InChI is InChI=1S/C14H22N2O/c1-9-6-7-11(15)13(10(9)2)16-12(17)8-14(3,4)5/h6-7H,8,15H2,1-5H3,(H,16,17). The predicted molar refractivity (Wildman–Crippen MR) is 73.0 cm³/mol. The molecule has 0 saturated carbocycles. The lowest BCUT2D eigenvalue weighted by Crippen LogP contribution is -2.20. The van der Waals surface area contributed by atoms with Crippen LogP contribution in [0, 0.1) is 19.3 Å². The van der Waals surface area contributed by atoms with E-state index in [9.17, 15) is 4.79 Å². The van der Waals surface area contributed by atoms with E-state index in [-0.39, 0.29) is 11.3 Å². The number of nitrogen functional groups attached to an aromatic ring is 1. The Morgan fingerprint density at radius 1 is 1.29 bits per heavy atom. The molecule has 0 saturated heterocycles. The quantitative estimate of drug-likeness (QED) is 0.772. The summed E-state index contributed by atoms with van der Waals surface area (Å²) >= 11 is 0. The van der Waals surface area contributed by atoms with Gasteiger partial charge in [-0.1, -0.05) is 26.8 Å². The van der Waals surface area contributed by atoms with Gasteiger partial charge in [0.2, 0.25) is 5.91 Å². The molecule has 1 aromatic carbocycles. The molecule has 0 aliphatic carbocycles. The molecule has 0 atom stereocenters. The number of hydrogen-bond acceptors (Lipinski definition) is 2. The summed E-state index contributed by atoms with van der Waals surface area (Å²) < 4.78 is 0. The number of carbonyl (C=O) groups is 1. The van der Waals surface area contributed by atoms with Gasteiger partial charge >= 0.3 is 0 Å². The number of nitrogens with two attached hydrogens (primary N) is 1. The van der Waals surface area contributed by atoms with Gasteiger partial charge in [0, 0.05) is 6.42 Å². The second-order valence-corrected chi connectivity index (χ2v) is 5.76. The maximum atomic E-state index is 11.9. The van der Waals surface area contributed by atoms with Crippen LogP contribution in [0.3, 0.4) is 0 Å². The summed E-state index contributed by atoms with van der Waals surface area (Å²) in [6.07, 6.45) is 0.486. The topological polar surface area (TPSA) is 55.1 Å². The van der Waals surface area contributed by atoms with Crippen LogP contribution in [0.15, 0.2) is 12.1 Å². The van der Waals surface area contributed by atoms with E-state index in [1.54, 1.807) is 0 Å². The molecule has 0 radical (unpaired) electrons. The Kier molecular flexibility index (Phi) is 3.81. The van der Waals surface area contributed by atoms with Crippen LogP contribution in [0.2, 0.25) is 0 Å². The molecule has 0 unspecified atom stereocenters. The Morgan fingerprint density at radius 3 is 2.41 bits per heavy atom. The summed E-state index contributed by atoms with van der Waals surface area (Å²) in [5.41, 5.74) is 9.40. The number of aryl methyl sites for hydroxylation is 1.